The number of carbonyl (C=O) groups is 1. The first-order valence-electron chi connectivity index (χ1n) is 4.48. The van der Waals surface area contributed by atoms with Gasteiger partial charge in [-0.05, 0) is 13.0 Å². The van der Waals surface area contributed by atoms with Crippen LogP contribution in [-0.4, -0.2) is 25.9 Å². The Bertz CT molecular complexity index is 484. The Morgan fingerprint density at radius 3 is 2.93 bits per heavy atom. The fourth-order valence-corrected chi connectivity index (χ4v) is 1.20. The smallest absolute Gasteiger partial charge is 0.277 e. The van der Waals surface area contributed by atoms with Gasteiger partial charge in [0.1, 0.15) is 0 Å². The lowest BCUT2D eigenvalue weighted by molar-refractivity contribution is 0.102. The Morgan fingerprint density at radius 1 is 1.60 bits per heavy atom. The van der Waals surface area contributed by atoms with Gasteiger partial charge in [0.15, 0.2) is 11.5 Å². The first-order chi connectivity index (χ1) is 7.15. The first kappa shape index (κ1) is 9.45. The summed E-state index contributed by atoms with van der Waals surface area (Å²) in [6, 6.07) is 3.40. The van der Waals surface area contributed by atoms with Crippen molar-refractivity contribution in [3.8, 4) is 0 Å². The molecule has 15 heavy (non-hydrogen) atoms. The molecule has 0 aliphatic carbocycles. The molecule has 0 fully saturated rings. The third-order valence-corrected chi connectivity index (χ3v) is 1.89. The second-order valence-electron chi connectivity index (χ2n) is 3.26. The van der Waals surface area contributed by atoms with E-state index in [0.717, 1.165) is 5.69 Å². The maximum absolute atomic E-state index is 11.6. The van der Waals surface area contributed by atoms with E-state index in [9.17, 15) is 4.79 Å². The molecule has 0 bridgehead atoms. The zero-order chi connectivity index (χ0) is 10.8. The molecule has 0 aliphatic heterocycles. The molecule has 0 aromatic carbocycles. The predicted octanol–water partition coefficient (Wildman–Crippen LogP) is 0.704. The minimum absolute atomic E-state index is 0.266. The number of carbonyl (C=O) groups excluding carboxylic acids is 1. The van der Waals surface area contributed by atoms with Crippen molar-refractivity contribution in [3.05, 3.63) is 29.7 Å². The van der Waals surface area contributed by atoms with E-state index in [0.29, 0.717) is 11.5 Å². The lowest BCUT2D eigenvalue weighted by Gasteiger charge is -1.96. The molecular formula is C9H11N5O. The number of aromatic nitrogens is 4. The van der Waals surface area contributed by atoms with Crippen LogP contribution in [0.15, 0.2) is 18.3 Å². The highest BCUT2D eigenvalue weighted by atomic mass is 16.2. The standard InChI is InChI=1S/C9H11N5O/c1-6-5-7(12-11-6)9(15)10-8-3-4-14(2)13-8/h3-5H,1-2H3,(H,11,12)(H,10,13,15). The summed E-state index contributed by atoms with van der Waals surface area (Å²) in [6.45, 7) is 1.84. The molecule has 2 heterocycles. The molecule has 0 aliphatic rings. The summed E-state index contributed by atoms with van der Waals surface area (Å²) in [7, 11) is 1.79. The third-order valence-electron chi connectivity index (χ3n) is 1.89. The molecule has 0 saturated carbocycles. The number of hydrogen-bond acceptors (Lipinski definition) is 3. The van der Waals surface area contributed by atoms with Crippen molar-refractivity contribution in [1.82, 2.24) is 20.0 Å². The molecule has 2 aromatic rings. The SMILES string of the molecule is Cc1cc(C(=O)Nc2ccn(C)n2)n[nH]1. The molecule has 2 aromatic heterocycles. The van der Waals surface area contributed by atoms with Gasteiger partial charge >= 0.3 is 0 Å². The van der Waals surface area contributed by atoms with E-state index in [4.69, 9.17) is 0 Å². The van der Waals surface area contributed by atoms with Gasteiger partial charge in [0, 0.05) is 25.0 Å². The van der Waals surface area contributed by atoms with Crippen LogP contribution in [0.25, 0.3) is 0 Å². The molecule has 6 nitrogen and oxygen atoms in total. The number of hydrogen-bond donors (Lipinski definition) is 2. The summed E-state index contributed by atoms with van der Waals surface area (Å²) in [5.41, 5.74) is 1.21. The molecule has 2 N–H and O–H groups in total. The summed E-state index contributed by atoms with van der Waals surface area (Å²) in [5.74, 6) is 0.251. The normalized spacial score (nSPS) is 10.3. The highest BCUT2D eigenvalue weighted by Crippen LogP contribution is 2.04. The van der Waals surface area contributed by atoms with E-state index < -0.39 is 0 Å². The fourth-order valence-electron chi connectivity index (χ4n) is 1.20. The molecule has 0 saturated heterocycles. The van der Waals surface area contributed by atoms with Crippen LogP contribution in [-0.2, 0) is 7.05 Å². The summed E-state index contributed by atoms with van der Waals surface area (Å²) in [4.78, 5) is 11.6. The van der Waals surface area contributed by atoms with Crippen LogP contribution in [0.2, 0.25) is 0 Å². The van der Waals surface area contributed by atoms with Gasteiger partial charge in [0.25, 0.3) is 5.91 Å². The summed E-state index contributed by atoms with van der Waals surface area (Å²) in [6.07, 6.45) is 1.76. The number of anilines is 1. The van der Waals surface area contributed by atoms with Crippen molar-refractivity contribution < 1.29 is 4.79 Å². The first-order valence-corrected chi connectivity index (χ1v) is 4.48. The van der Waals surface area contributed by atoms with Crippen molar-refractivity contribution in [3.63, 3.8) is 0 Å². The molecule has 0 radical (unpaired) electrons. The zero-order valence-corrected chi connectivity index (χ0v) is 8.48. The monoisotopic (exact) mass is 205 g/mol. The number of aryl methyl sites for hydroxylation is 2. The highest BCUT2D eigenvalue weighted by molar-refractivity contribution is 6.02. The summed E-state index contributed by atoms with van der Waals surface area (Å²) in [5, 5.41) is 13.2. The van der Waals surface area contributed by atoms with Gasteiger partial charge in [-0.15, -0.1) is 0 Å². The summed E-state index contributed by atoms with van der Waals surface area (Å²) < 4.78 is 1.62. The maximum atomic E-state index is 11.6. The van der Waals surface area contributed by atoms with Crippen LogP contribution >= 0.6 is 0 Å². The van der Waals surface area contributed by atoms with Gasteiger partial charge in [-0.3, -0.25) is 14.6 Å². The number of H-pyrrole nitrogens is 1. The molecule has 0 atom stereocenters. The van der Waals surface area contributed by atoms with E-state index >= 15 is 0 Å². The third kappa shape index (κ3) is 2.04. The average molecular weight is 205 g/mol. The van der Waals surface area contributed by atoms with Crippen molar-refractivity contribution in [2.45, 2.75) is 6.92 Å². The number of amides is 1. The Balaban J connectivity index is 2.10. The second kappa shape index (κ2) is 3.56. The van der Waals surface area contributed by atoms with Crippen molar-refractivity contribution >= 4 is 11.7 Å². The van der Waals surface area contributed by atoms with E-state index in [1.54, 1.807) is 30.1 Å². The van der Waals surface area contributed by atoms with Crippen LogP contribution in [0.1, 0.15) is 16.2 Å². The molecule has 1 amide bonds. The molecule has 6 heteroatoms. The number of nitrogens with zero attached hydrogens (tertiary/aromatic N) is 3. The Kier molecular flexibility index (Phi) is 2.24. The fraction of sp³-hybridized carbons (Fsp3) is 0.222. The van der Waals surface area contributed by atoms with Gasteiger partial charge in [0.2, 0.25) is 0 Å². The van der Waals surface area contributed by atoms with Gasteiger partial charge in [0.05, 0.1) is 0 Å². The quantitative estimate of drug-likeness (QED) is 0.757. The van der Waals surface area contributed by atoms with Gasteiger partial charge in [-0.25, -0.2) is 0 Å². The largest absolute Gasteiger partial charge is 0.304 e. The Morgan fingerprint density at radius 2 is 2.40 bits per heavy atom. The van der Waals surface area contributed by atoms with Crippen molar-refractivity contribution in [1.29, 1.82) is 0 Å². The van der Waals surface area contributed by atoms with Crippen molar-refractivity contribution in [2.24, 2.45) is 7.05 Å². The zero-order valence-electron chi connectivity index (χ0n) is 8.48. The number of rotatable bonds is 2. The molecule has 0 spiro atoms. The van der Waals surface area contributed by atoms with Crippen molar-refractivity contribution in [2.75, 3.05) is 5.32 Å². The van der Waals surface area contributed by atoms with E-state index in [1.807, 2.05) is 6.92 Å². The van der Waals surface area contributed by atoms with Crippen LogP contribution in [0.5, 0.6) is 0 Å². The van der Waals surface area contributed by atoms with Gasteiger partial charge in [-0.1, -0.05) is 0 Å². The molecule has 0 unspecified atom stereocenters. The van der Waals surface area contributed by atoms with E-state index in [-0.39, 0.29) is 5.91 Å². The van der Waals surface area contributed by atoms with Gasteiger partial charge in [-0.2, -0.15) is 10.2 Å². The van der Waals surface area contributed by atoms with Crippen LogP contribution in [0.3, 0.4) is 0 Å². The minimum atomic E-state index is -0.266. The topological polar surface area (TPSA) is 75.6 Å². The van der Waals surface area contributed by atoms with E-state index in [2.05, 4.69) is 20.6 Å². The molecular weight excluding hydrogens is 194 g/mol. The van der Waals surface area contributed by atoms with Gasteiger partial charge < -0.3 is 5.32 Å². The van der Waals surface area contributed by atoms with Crippen LogP contribution < -0.4 is 5.32 Å². The maximum Gasteiger partial charge on any atom is 0.277 e. The average Bonchev–Trinajstić information content (AvgIpc) is 2.75. The lowest BCUT2D eigenvalue weighted by atomic mass is 10.3. The molecule has 2 rings (SSSR count). The van der Waals surface area contributed by atoms with Crippen LogP contribution in [0.4, 0.5) is 5.82 Å². The molecule has 78 valence electrons. The van der Waals surface area contributed by atoms with Crippen LogP contribution in [0, 0.1) is 6.92 Å². The predicted molar refractivity (Wildman–Crippen MR) is 54.5 cm³/mol. The Hall–Kier alpha value is -2.11. The second-order valence-corrected chi connectivity index (χ2v) is 3.26. The van der Waals surface area contributed by atoms with E-state index in [1.165, 1.54) is 0 Å². The summed E-state index contributed by atoms with van der Waals surface area (Å²) >= 11 is 0. The Labute approximate surface area is 86.3 Å². The number of aromatic amines is 1. The lowest BCUT2D eigenvalue weighted by Crippen LogP contribution is -2.12. The minimum Gasteiger partial charge on any atom is -0.304 e. The number of nitrogens with one attached hydrogen (secondary N) is 2. The highest BCUT2D eigenvalue weighted by Gasteiger charge is 2.10.